The number of hydrogen-bond acceptors (Lipinski definition) is 4. The van der Waals surface area contributed by atoms with Gasteiger partial charge in [-0.05, 0) is 40.2 Å². The van der Waals surface area contributed by atoms with E-state index in [0.29, 0.717) is 27.4 Å². The van der Waals surface area contributed by atoms with E-state index in [-0.39, 0.29) is 5.91 Å². The first kappa shape index (κ1) is 14.3. The van der Waals surface area contributed by atoms with Crippen LogP contribution in [0.1, 0.15) is 10.4 Å². The van der Waals surface area contributed by atoms with Gasteiger partial charge in [-0.25, -0.2) is 4.98 Å². The molecule has 0 aliphatic rings. The molecule has 20 heavy (non-hydrogen) atoms. The standard InChI is InChI=1S/C14H13BrN2O3/c1-19-11-5-3-4-10(13(11)20-2)14(18)17-9-6-7-12(15)16-8-9/h3-8H,1-2H3,(H,17,18). The molecular weight excluding hydrogens is 324 g/mol. The van der Waals surface area contributed by atoms with Gasteiger partial charge in [0.1, 0.15) is 4.60 Å². The van der Waals surface area contributed by atoms with Crippen LogP contribution in [-0.4, -0.2) is 25.1 Å². The summed E-state index contributed by atoms with van der Waals surface area (Å²) in [6.07, 6.45) is 1.56. The van der Waals surface area contributed by atoms with Gasteiger partial charge < -0.3 is 14.8 Å². The molecule has 2 aromatic rings. The summed E-state index contributed by atoms with van der Waals surface area (Å²) in [5, 5.41) is 2.75. The maximum atomic E-state index is 12.3. The zero-order chi connectivity index (χ0) is 14.5. The second kappa shape index (κ2) is 6.38. The topological polar surface area (TPSA) is 60.5 Å². The number of aromatic nitrogens is 1. The van der Waals surface area contributed by atoms with E-state index >= 15 is 0 Å². The van der Waals surface area contributed by atoms with E-state index < -0.39 is 0 Å². The molecule has 0 fully saturated rings. The number of pyridine rings is 1. The van der Waals surface area contributed by atoms with Crippen molar-refractivity contribution in [3.8, 4) is 11.5 Å². The molecule has 2 rings (SSSR count). The lowest BCUT2D eigenvalue weighted by Crippen LogP contribution is -2.13. The van der Waals surface area contributed by atoms with Gasteiger partial charge in [0.15, 0.2) is 11.5 Å². The van der Waals surface area contributed by atoms with Crippen molar-refractivity contribution in [1.29, 1.82) is 0 Å². The largest absolute Gasteiger partial charge is 0.493 e. The molecule has 6 heteroatoms. The fourth-order valence-electron chi connectivity index (χ4n) is 1.71. The molecule has 1 aromatic heterocycles. The van der Waals surface area contributed by atoms with E-state index in [4.69, 9.17) is 9.47 Å². The summed E-state index contributed by atoms with van der Waals surface area (Å²) in [4.78, 5) is 16.3. The van der Waals surface area contributed by atoms with Gasteiger partial charge in [0.05, 0.1) is 31.7 Å². The Hall–Kier alpha value is -2.08. The molecular formula is C14H13BrN2O3. The van der Waals surface area contributed by atoms with E-state index in [1.165, 1.54) is 14.2 Å². The summed E-state index contributed by atoms with van der Waals surface area (Å²) >= 11 is 3.24. The molecule has 1 aromatic carbocycles. The van der Waals surface area contributed by atoms with Crippen LogP contribution in [0, 0.1) is 0 Å². The van der Waals surface area contributed by atoms with Crippen molar-refractivity contribution >= 4 is 27.5 Å². The average molecular weight is 337 g/mol. The number of benzene rings is 1. The van der Waals surface area contributed by atoms with Crippen molar-refractivity contribution in [2.45, 2.75) is 0 Å². The lowest BCUT2D eigenvalue weighted by Gasteiger charge is -2.12. The van der Waals surface area contributed by atoms with Crippen LogP contribution in [0.5, 0.6) is 11.5 Å². The minimum absolute atomic E-state index is 0.287. The minimum Gasteiger partial charge on any atom is -0.493 e. The zero-order valence-corrected chi connectivity index (χ0v) is 12.6. The molecule has 1 N–H and O–H groups in total. The van der Waals surface area contributed by atoms with Crippen LogP contribution >= 0.6 is 15.9 Å². The third-order valence-corrected chi connectivity index (χ3v) is 3.10. The minimum atomic E-state index is -0.287. The summed E-state index contributed by atoms with van der Waals surface area (Å²) in [5.41, 5.74) is 0.998. The number of rotatable bonds is 4. The summed E-state index contributed by atoms with van der Waals surface area (Å²) < 4.78 is 11.1. The fraction of sp³-hybridized carbons (Fsp3) is 0.143. The quantitative estimate of drug-likeness (QED) is 0.871. The van der Waals surface area contributed by atoms with Gasteiger partial charge in [-0.1, -0.05) is 6.07 Å². The van der Waals surface area contributed by atoms with Crippen molar-refractivity contribution < 1.29 is 14.3 Å². The fourth-order valence-corrected chi connectivity index (χ4v) is 1.95. The molecule has 0 aliphatic carbocycles. The predicted octanol–water partition coefficient (Wildman–Crippen LogP) is 3.11. The zero-order valence-electron chi connectivity index (χ0n) is 11.0. The molecule has 0 saturated carbocycles. The van der Waals surface area contributed by atoms with E-state index in [0.717, 1.165) is 0 Å². The van der Waals surface area contributed by atoms with Crippen molar-refractivity contribution in [3.63, 3.8) is 0 Å². The molecule has 0 bridgehead atoms. The average Bonchev–Trinajstić information content (AvgIpc) is 2.48. The predicted molar refractivity (Wildman–Crippen MR) is 79.4 cm³/mol. The smallest absolute Gasteiger partial charge is 0.259 e. The van der Waals surface area contributed by atoms with Crippen molar-refractivity contribution in [2.75, 3.05) is 19.5 Å². The third-order valence-electron chi connectivity index (χ3n) is 2.63. The number of anilines is 1. The summed E-state index contributed by atoms with van der Waals surface area (Å²) in [6, 6.07) is 8.63. The molecule has 1 amide bonds. The maximum absolute atomic E-state index is 12.3. The van der Waals surface area contributed by atoms with Crippen LogP contribution in [0.15, 0.2) is 41.1 Å². The van der Waals surface area contributed by atoms with Gasteiger partial charge in [-0.15, -0.1) is 0 Å². The highest BCUT2D eigenvalue weighted by Crippen LogP contribution is 2.31. The highest BCUT2D eigenvalue weighted by Gasteiger charge is 2.16. The first-order valence-electron chi connectivity index (χ1n) is 5.79. The number of para-hydroxylation sites is 1. The van der Waals surface area contributed by atoms with E-state index in [1.807, 2.05) is 0 Å². The number of nitrogens with one attached hydrogen (secondary N) is 1. The number of amides is 1. The van der Waals surface area contributed by atoms with Gasteiger partial charge in [0.25, 0.3) is 5.91 Å². The number of carbonyl (C=O) groups excluding carboxylic acids is 1. The Labute approximate surface area is 125 Å². The Balaban J connectivity index is 2.27. The summed E-state index contributed by atoms with van der Waals surface area (Å²) in [7, 11) is 3.02. The van der Waals surface area contributed by atoms with Gasteiger partial charge in [0.2, 0.25) is 0 Å². The Kier molecular flexibility index (Phi) is 4.57. The van der Waals surface area contributed by atoms with Crippen LogP contribution in [0.3, 0.4) is 0 Å². The number of carbonyl (C=O) groups is 1. The summed E-state index contributed by atoms with van der Waals surface area (Å²) in [5.74, 6) is 0.622. The Morgan fingerprint density at radius 3 is 2.60 bits per heavy atom. The lowest BCUT2D eigenvalue weighted by atomic mass is 10.1. The number of halogens is 1. The Morgan fingerprint density at radius 1 is 1.20 bits per heavy atom. The second-order valence-corrected chi connectivity index (χ2v) is 4.68. The molecule has 0 aliphatic heterocycles. The number of ether oxygens (including phenoxy) is 2. The number of nitrogens with zero attached hydrogens (tertiary/aromatic N) is 1. The van der Waals surface area contributed by atoms with Gasteiger partial charge in [0, 0.05) is 0 Å². The highest BCUT2D eigenvalue weighted by molar-refractivity contribution is 9.10. The van der Waals surface area contributed by atoms with Crippen molar-refractivity contribution in [1.82, 2.24) is 4.98 Å². The Bertz CT molecular complexity index is 614. The molecule has 0 spiro atoms. The maximum Gasteiger partial charge on any atom is 0.259 e. The SMILES string of the molecule is COc1cccc(C(=O)Nc2ccc(Br)nc2)c1OC. The number of hydrogen-bond donors (Lipinski definition) is 1. The van der Waals surface area contributed by atoms with Crippen molar-refractivity contribution in [2.24, 2.45) is 0 Å². The molecule has 5 nitrogen and oxygen atoms in total. The highest BCUT2D eigenvalue weighted by atomic mass is 79.9. The van der Waals surface area contributed by atoms with Crippen molar-refractivity contribution in [3.05, 3.63) is 46.7 Å². The molecule has 0 saturated heterocycles. The van der Waals surface area contributed by atoms with E-state index in [1.54, 1.807) is 36.5 Å². The Morgan fingerprint density at radius 2 is 2.00 bits per heavy atom. The molecule has 0 unspecified atom stereocenters. The van der Waals surface area contributed by atoms with Crippen LogP contribution in [0.2, 0.25) is 0 Å². The van der Waals surface area contributed by atoms with Gasteiger partial charge in [-0.3, -0.25) is 4.79 Å². The first-order chi connectivity index (χ1) is 9.65. The normalized spacial score (nSPS) is 9.95. The summed E-state index contributed by atoms with van der Waals surface area (Å²) in [6.45, 7) is 0. The molecule has 0 atom stereocenters. The van der Waals surface area contributed by atoms with Gasteiger partial charge in [-0.2, -0.15) is 0 Å². The number of methoxy groups -OCH3 is 2. The van der Waals surface area contributed by atoms with Crippen LogP contribution in [-0.2, 0) is 0 Å². The monoisotopic (exact) mass is 336 g/mol. The second-order valence-electron chi connectivity index (χ2n) is 3.86. The van der Waals surface area contributed by atoms with Crippen LogP contribution in [0.4, 0.5) is 5.69 Å². The van der Waals surface area contributed by atoms with Crippen LogP contribution < -0.4 is 14.8 Å². The van der Waals surface area contributed by atoms with E-state index in [9.17, 15) is 4.79 Å². The molecule has 0 radical (unpaired) electrons. The molecule has 104 valence electrons. The molecule has 1 heterocycles. The van der Waals surface area contributed by atoms with E-state index in [2.05, 4.69) is 26.2 Å². The third kappa shape index (κ3) is 3.08. The first-order valence-corrected chi connectivity index (χ1v) is 6.59. The lowest BCUT2D eigenvalue weighted by molar-refractivity contribution is 0.102. The van der Waals surface area contributed by atoms with Crippen LogP contribution in [0.25, 0.3) is 0 Å². The van der Waals surface area contributed by atoms with Gasteiger partial charge >= 0.3 is 0 Å².